The van der Waals surface area contributed by atoms with Crippen molar-refractivity contribution < 1.29 is 9.47 Å². The van der Waals surface area contributed by atoms with Crippen LogP contribution in [0.2, 0.25) is 10.0 Å². The van der Waals surface area contributed by atoms with Crippen LogP contribution in [0, 0.1) is 12.3 Å². The molecule has 2 aromatic carbocycles. The van der Waals surface area contributed by atoms with Gasteiger partial charge in [-0.1, -0.05) is 41.3 Å². The largest absolute Gasteiger partial charge is 0.487 e. The van der Waals surface area contributed by atoms with E-state index in [-0.39, 0.29) is 5.60 Å². The lowest BCUT2D eigenvalue weighted by molar-refractivity contribution is 0.106. The molecular formula is C23H22Cl2O2. The van der Waals surface area contributed by atoms with E-state index in [2.05, 4.69) is 25.8 Å². The van der Waals surface area contributed by atoms with Crippen LogP contribution >= 0.6 is 23.2 Å². The van der Waals surface area contributed by atoms with Crippen molar-refractivity contribution in [3.05, 3.63) is 57.6 Å². The maximum atomic E-state index is 6.38. The predicted octanol–water partition coefficient (Wildman–Crippen LogP) is 6.89. The highest BCUT2D eigenvalue weighted by Gasteiger charge is 2.31. The second-order valence-corrected chi connectivity index (χ2v) is 8.55. The first-order valence-electron chi connectivity index (χ1n) is 8.75. The van der Waals surface area contributed by atoms with Crippen molar-refractivity contribution in [1.29, 1.82) is 0 Å². The van der Waals surface area contributed by atoms with E-state index in [0.717, 1.165) is 28.9 Å². The SMILES string of the molecule is C#CC(C)(C)Oc1ccc2c(c1)OC(C)(C)C/C2=C\c1cccc(Cl)c1Cl. The summed E-state index contributed by atoms with van der Waals surface area (Å²) in [7, 11) is 0. The summed E-state index contributed by atoms with van der Waals surface area (Å²) in [6, 6.07) is 11.4. The molecule has 0 aliphatic carbocycles. The van der Waals surface area contributed by atoms with E-state index >= 15 is 0 Å². The molecule has 0 bridgehead atoms. The Bertz CT molecular complexity index is 949. The van der Waals surface area contributed by atoms with Gasteiger partial charge in [0.15, 0.2) is 5.60 Å². The number of ether oxygens (including phenoxy) is 2. The summed E-state index contributed by atoms with van der Waals surface area (Å²) in [5, 5.41) is 1.09. The van der Waals surface area contributed by atoms with E-state index in [1.165, 1.54) is 0 Å². The summed E-state index contributed by atoms with van der Waals surface area (Å²) in [6.45, 7) is 7.82. The molecule has 2 aromatic rings. The molecule has 27 heavy (non-hydrogen) atoms. The number of hydrogen-bond donors (Lipinski definition) is 0. The summed E-state index contributed by atoms with van der Waals surface area (Å²) < 4.78 is 12.1. The quantitative estimate of drug-likeness (QED) is 0.522. The highest BCUT2D eigenvalue weighted by Crippen LogP contribution is 2.43. The average Bonchev–Trinajstić information content (AvgIpc) is 2.57. The third-order valence-corrected chi connectivity index (χ3v) is 5.17. The number of rotatable bonds is 3. The Morgan fingerprint density at radius 2 is 1.96 bits per heavy atom. The fourth-order valence-corrected chi connectivity index (χ4v) is 3.44. The Labute approximate surface area is 171 Å². The van der Waals surface area contributed by atoms with Crippen LogP contribution in [-0.4, -0.2) is 11.2 Å². The zero-order valence-corrected chi connectivity index (χ0v) is 17.4. The Kier molecular flexibility index (Phi) is 5.21. The number of fused-ring (bicyclic) bond motifs is 1. The Balaban J connectivity index is 2.06. The van der Waals surface area contributed by atoms with Crippen LogP contribution in [0.15, 0.2) is 36.4 Å². The summed E-state index contributed by atoms with van der Waals surface area (Å²) in [5.74, 6) is 4.08. The number of benzene rings is 2. The summed E-state index contributed by atoms with van der Waals surface area (Å²) >= 11 is 12.5. The molecule has 140 valence electrons. The van der Waals surface area contributed by atoms with Crippen molar-refractivity contribution in [2.75, 3.05) is 0 Å². The molecular weight excluding hydrogens is 379 g/mol. The van der Waals surface area contributed by atoms with Gasteiger partial charge < -0.3 is 9.47 Å². The third kappa shape index (κ3) is 4.43. The van der Waals surface area contributed by atoms with Gasteiger partial charge in [-0.05, 0) is 63.1 Å². The molecule has 1 aliphatic rings. The van der Waals surface area contributed by atoms with Crippen molar-refractivity contribution in [3.63, 3.8) is 0 Å². The highest BCUT2D eigenvalue weighted by molar-refractivity contribution is 6.43. The van der Waals surface area contributed by atoms with E-state index < -0.39 is 5.60 Å². The molecule has 0 unspecified atom stereocenters. The van der Waals surface area contributed by atoms with Gasteiger partial charge >= 0.3 is 0 Å². The number of halogens is 2. The topological polar surface area (TPSA) is 18.5 Å². The first-order chi connectivity index (χ1) is 12.6. The molecule has 3 rings (SSSR count). The van der Waals surface area contributed by atoms with Crippen molar-refractivity contribution in [1.82, 2.24) is 0 Å². The first kappa shape index (κ1) is 19.7. The van der Waals surface area contributed by atoms with Crippen LogP contribution in [0.4, 0.5) is 0 Å². The van der Waals surface area contributed by atoms with Crippen LogP contribution in [0.5, 0.6) is 11.5 Å². The molecule has 0 radical (unpaired) electrons. The van der Waals surface area contributed by atoms with Gasteiger partial charge in [0, 0.05) is 18.1 Å². The van der Waals surface area contributed by atoms with Gasteiger partial charge in [-0.15, -0.1) is 6.42 Å². The lowest BCUT2D eigenvalue weighted by atomic mass is 9.88. The summed E-state index contributed by atoms with van der Waals surface area (Å²) in [4.78, 5) is 0. The van der Waals surface area contributed by atoms with Gasteiger partial charge in [0.1, 0.15) is 17.1 Å². The Morgan fingerprint density at radius 3 is 2.67 bits per heavy atom. The molecule has 0 spiro atoms. The highest BCUT2D eigenvalue weighted by atomic mass is 35.5. The second-order valence-electron chi connectivity index (χ2n) is 7.77. The molecule has 1 heterocycles. The minimum atomic E-state index is -0.689. The van der Waals surface area contributed by atoms with Crippen LogP contribution in [-0.2, 0) is 0 Å². The maximum absolute atomic E-state index is 6.38. The van der Waals surface area contributed by atoms with Gasteiger partial charge in [0.05, 0.1) is 10.0 Å². The molecule has 0 amide bonds. The van der Waals surface area contributed by atoms with E-state index in [1.807, 2.05) is 44.2 Å². The third-order valence-electron chi connectivity index (χ3n) is 4.33. The van der Waals surface area contributed by atoms with Crippen molar-refractivity contribution in [2.24, 2.45) is 0 Å². The first-order valence-corrected chi connectivity index (χ1v) is 9.51. The lowest BCUT2D eigenvalue weighted by Crippen LogP contribution is -2.32. The molecule has 0 saturated carbocycles. The van der Waals surface area contributed by atoms with E-state index in [1.54, 1.807) is 6.07 Å². The standard InChI is InChI=1S/C23H22Cl2O2/c1-6-22(2,3)26-17-10-11-18-16(14-23(4,5)27-20(18)13-17)12-15-8-7-9-19(24)21(15)25/h1,7-13H,14H2,2-5H3/b16-12+. The number of hydrogen-bond acceptors (Lipinski definition) is 2. The maximum Gasteiger partial charge on any atom is 0.163 e. The smallest absolute Gasteiger partial charge is 0.163 e. The van der Waals surface area contributed by atoms with Gasteiger partial charge in [0.2, 0.25) is 0 Å². The molecule has 2 nitrogen and oxygen atoms in total. The van der Waals surface area contributed by atoms with Crippen LogP contribution in [0.1, 0.15) is 45.2 Å². The fourth-order valence-electron chi connectivity index (χ4n) is 3.08. The Hall–Kier alpha value is -2.08. The van der Waals surface area contributed by atoms with E-state index in [9.17, 15) is 0 Å². The van der Waals surface area contributed by atoms with E-state index in [0.29, 0.717) is 15.8 Å². The molecule has 4 heteroatoms. The van der Waals surface area contributed by atoms with Gasteiger partial charge in [-0.2, -0.15) is 0 Å². The molecule has 0 N–H and O–H groups in total. The fraction of sp³-hybridized carbons (Fsp3) is 0.304. The van der Waals surface area contributed by atoms with Crippen molar-refractivity contribution >= 4 is 34.9 Å². The molecule has 1 aliphatic heterocycles. The zero-order valence-electron chi connectivity index (χ0n) is 15.9. The van der Waals surface area contributed by atoms with E-state index in [4.69, 9.17) is 39.1 Å². The minimum Gasteiger partial charge on any atom is -0.487 e. The van der Waals surface area contributed by atoms with Crippen LogP contribution in [0.25, 0.3) is 11.6 Å². The molecule has 0 atom stereocenters. The van der Waals surface area contributed by atoms with Crippen molar-refractivity contribution in [2.45, 2.75) is 45.3 Å². The van der Waals surface area contributed by atoms with Crippen LogP contribution in [0.3, 0.4) is 0 Å². The predicted molar refractivity (Wildman–Crippen MR) is 114 cm³/mol. The Morgan fingerprint density at radius 1 is 1.22 bits per heavy atom. The van der Waals surface area contributed by atoms with Gasteiger partial charge in [0.25, 0.3) is 0 Å². The van der Waals surface area contributed by atoms with Crippen molar-refractivity contribution in [3.8, 4) is 23.8 Å². The molecule has 0 fully saturated rings. The lowest BCUT2D eigenvalue weighted by Gasteiger charge is -2.35. The van der Waals surface area contributed by atoms with Gasteiger partial charge in [-0.25, -0.2) is 0 Å². The zero-order chi connectivity index (χ0) is 19.8. The van der Waals surface area contributed by atoms with Gasteiger partial charge in [-0.3, -0.25) is 0 Å². The monoisotopic (exact) mass is 400 g/mol. The normalized spacial score (nSPS) is 17.0. The molecule has 0 aromatic heterocycles. The number of terminal acetylenes is 1. The average molecular weight is 401 g/mol. The summed E-state index contributed by atoms with van der Waals surface area (Å²) in [6.07, 6.45) is 8.35. The van der Waals surface area contributed by atoms with Crippen LogP contribution < -0.4 is 9.47 Å². The summed E-state index contributed by atoms with van der Waals surface area (Å²) in [5.41, 5.74) is 1.98. The minimum absolute atomic E-state index is 0.357. The molecule has 0 saturated heterocycles. The second kappa shape index (κ2) is 7.15.